The van der Waals surface area contributed by atoms with E-state index >= 15 is 0 Å². The lowest BCUT2D eigenvalue weighted by Crippen LogP contribution is -2.26. The maximum absolute atomic E-state index is 12.9. The normalized spacial score (nSPS) is 14.9. The van der Waals surface area contributed by atoms with Crippen LogP contribution < -0.4 is 5.32 Å². The van der Waals surface area contributed by atoms with Gasteiger partial charge in [0.1, 0.15) is 5.82 Å². The number of halogens is 1. The molecule has 0 heterocycles. The Morgan fingerprint density at radius 2 is 1.76 bits per heavy atom. The second kappa shape index (κ2) is 6.72. The van der Waals surface area contributed by atoms with Crippen LogP contribution in [0.3, 0.4) is 0 Å². The molecule has 2 atom stereocenters. The van der Waals surface area contributed by atoms with E-state index in [1.165, 1.54) is 12.1 Å². The van der Waals surface area contributed by atoms with E-state index < -0.39 is 0 Å². The average molecular weight is 239 g/mol. The molecule has 1 N–H and O–H groups in total. The summed E-state index contributed by atoms with van der Waals surface area (Å²) < 4.78 is 18.9. The van der Waals surface area contributed by atoms with E-state index in [9.17, 15) is 4.39 Å². The minimum absolute atomic E-state index is 0.0296. The number of benzene rings is 1. The van der Waals surface area contributed by atoms with Crippen molar-refractivity contribution in [1.29, 1.82) is 0 Å². The summed E-state index contributed by atoms with van der Waals surface area (Å²) in [6, 6.07) is 6.51. The van der Waals surface area contributed by atoms with Gasteiger partial charge in [0.15, 0.2) is 0 Å². The van der Waals surface area contributed by atoms with Crippen LogP contribution in [0.4, 0.5) is 4.39 Å². The van der Waals surface area contributed by atoms with Gasteiger partial charge in [0, 0.05) is 6.54 Å². The van der Waals surface area contributed by atoms with Crippen molar-refractivity contribution in [3.05, 3.63) is 35.6 Å². The smallest absolute Gasteiger partial charge is 0.123 e. The topological polar surface area (TPSA) is 21.3 Å². The van der Waals surface area contributed by atoms with Gasteiger partial charge in [-0.25, -0.2) is 4.39 Å². The Bertz CT molecular complexity index is 323. The molecule has 0 saturated carbocycles. The highest BCUT2D eigenvalue weighted by molar-refractivity contribution is 5.19. The van der Waals surface area contributed by atoms with E-state index in [1.807, 2.05) is 7.05 Å². The van der Waals surface area contributed by atoms with E-state index in [2.05, 4.69) is 26.1 Å². The molecule has 96 valence electrons. The second-order valence-corrected chi connectivity index (χ2v) is 4.68. The predicted molar refractivity (Wildman–Crippen MR) is 68.5 cm³/mol. The standard InChI is InChI=1S/C14H22FNO/c1-10(2)11(3)17-14(9-16-4)12-5-7-13(15)8-6-12/h5-8,10-11,14,16H,9H2,1-4H3. The lowest BCUT2D eigenvalue weighted by atomic mass is 10.1. The first-order valence-corrected chi connectivity index (χ1v) is 6.10. The fraction of sp³-hybridized carbons (Fsp3) is 0.571. The van der Waals surface area contributed by atoms with E-state index in [4.69, 9.17) is 4.74 Å². The summed E-state index contributed by atoms with van der Waals surface area (Å²) in [7, 11) is 1.89. The molecule has 0 fully saturated rings. The molecular weight excluding hydrogens is 217 g/mol. The molecular formula is C14H22FNO. The summed E-state index contributed by atoms with van der Waals surface area (Å²) in [5, 5.41) is 3.11. The van der Waals surface area contributed by atoms with Crippen LogP contribution in [0.25, 0.3) is 0 Å². The first kappa shape index (κ1) is 14.1. The number of hydrogen-bond donors (Lipinski definition) is 1. The Labute approximate surface area is 103 Å². The van der Waals surface area contributed by atoms with Crippen LogP contribution >= 0.6 is 0 Å². The van der Waals surface area contributed by atoms with Gasteiger partial charge in [0.25, 0.3) is 0 Å². The van der Waals surface area contributed by atoms with Gasteiger partial charge in [-0.2, -0.15) is 0 Å². The Kier molecular flexibility index (Phi) is 5.59. The Morgan fingerprint density at radius 3 is 2.24 bits per heavy atom. The quantitative estimate of drug-likeness (QED) is 0.823. The Hall–Kier alpha value is -0.930. The maximum atomic E-state index is 12.9. The molecule has 0 radical (unpaired) electrons. The van der Waals surface area contributed by atoms with Crippen molar-refractivity contribution < 1.29 is 9.13 Å². The van der Waals surface area contributed by atoms with Gasteiger partial charge in [0.2, 0.25) is 0 Å². The van der Waals surface area contributed by atoms with Crippen molar-refractivity contribution in [2.45, 2.75) is 33.0 Å². The van der Waals surface area contributed by atoms with Crippen molar-refractivity contribution >= 4 is 0 Å². The summed E-state index contributed by atoms with van der Waals surface area (Å²) in [6.07, 6.45) is 0.149. The molecule has 0 bridgehead atoms. The van der Waals surface area contributed by atoms with Gasteiger partial charge >= 0.3 is 0 Å². The predicted octanol–water partition coefficient (Wildman–Crippen LogP) is 3.15. The van der Waals surface area contributed by atoms with E-state index in [1.54, 1.807) is 12.1 Å². The number of likely N-dealkylation sites (N-methyl/N-ethyl adjacent to an activating group) is 1. The van der Waals surface area contributed by atoms with Crippen LogP contribution in [0.15, 0.2) is 24.3 Å². The van der Waals surface area contributed by atoms with E-state index in [0.29, 0.717) is 5.92 Å². The molecule has 2 unspecified atom stereocenters. The maximum Gasteiger partial charge on any atom is 0.123 e. The van der Waals surface area contributed by atoms with Crippen LogP contribution in [0.5, 0.6) is 0 Å². The first-order valence-electron chi connectivity index (χ1n) is 6.10. The number of ether oxygens (including phenoxy) is 1. The third-order valence-corrected chi connectivity index (χ3v) is 2.95. The minimum atomic E-state index is -0.214. The summed E-state index contributed by atoms with van der Waals surface area (Å²) in [5.74, 6) is 0.253. The van der Waals surface area contributed by atoms with Gasteiger partial charge < -0.3 is 10.1 Å². The largest absolute Gasteiger partial charge is 0.369 e. The van der Waals surface area contributed by atoms with Crippen molar-refractivity contribution in [2.24, 2.45) is 5.92 Å². The van der Waals surface area contributed by atoms with Crippen LogP contribution in [0.1, 0.15) is 32.4 Å². The molecule has 0 aliphatic heterocycles. The van der Waals surface area contributed by atoms with Crippen LogP contribution in [-0.4, -0.2) is 19.7 Å². The molecule has 3 heteroatoms. The lowest BCUT2D eigenvalue weighted by molar-refractivity contribution is -0.0251. The molecule has 0 spiro atoms. The molecule has 1 rings (SSSR count). The highest BCUT2D eigenvalue weighted by atomic mass is 19.1. The zero-order chi connectivity index (χ0) is 12.8. The average Bonchev–Trinajstić information content (AvgIpc) is 2.29. The van der Waals surface area contributed by atoms with Crippen LogP contribution in [0, 0.1) is 11.7 Å². The third kappa shape index (κ3) is 4.44. The zero-order valence-electron chi connectivity index (χ0n) is 11.0. The van der Waals surface area contributed by atoms with E-state index in [0.717, 1.165) is 12.1 Å². The van der Waals surface area contributed by atoms with Gasteiger partial charge in [-0.3, -0.25) is 0 Å². The van der Waals surface area contributed by atoms with Gasteiger partial charge in [-0.1, -0.05) is 26.0 Å². The highest BCUT2D eigenvalue weighted by Gasteiger charge is 2.17. The van der Waals surface area contributed by atoms with E-state index in [-0.39, 0.29) is 18.0 Å². The third-order valence-electron chi connectivity index (χ3n) is 2.95. The highest BCUT2D eigenvalue weighted by Crippen LogP contribution is 2.21. The molecule has 0 aliphatic rings. The van der Waals surface area contributed by atoms with Gasteiger partial charge in [-0.05, 0) is 37.6 Å². The molecule has 1 aromatic rings. The van der Waals surface area contributed by atoms with Crippen molar-refractivity contribution in [3.63, 3.8) is 0 Å². The monoisotopic (exact) mass is 239 g/mol. The number of rotatable bonds is 6. The summed E-state index contributed by atoms with van der Waals surface area (Å²) in [6.45, 7) is 7.05. The first-order chi connectivity index (χ1) is 8.04. The van der Waals surface area contributed by atoms with Crippen molar-refractivity contribution in [2.75, 3.05) is 13.6 Å². The number of hydrogen-bond acceptors (Lipinski definition) is 2. The molecule has 0 aromatic heterocycles. The van der Waals surface area contributed by atoms with Crippen LogP contribution in [-0.2, 0) is 4.74 Å². The fourth-order valence-corrected chi connectivity index (χ4v) is 1.52. The molecule has 1 aromatic carbocycles. The second-order valence-electron chi connectivity index (χ2n) is 4.68. The zero-order valence-corrected chi connectivity index (χ0v) is 11.0. The van der Waals surface area contributed by atoms with Gasteiger partial charge in [-0.15, -0.1) is 0 Å². The Morgan fingerprint density at radius 1 is 1.18 bits per heavy atom. The molecule has 0 saturated heterocycles. The minimum Gasteiger partial charge on any atom is -0.369 e. The van der Waals surface area contributed by atoms with Gasteiger partial charge in [0.05, 0.1) is 12.2 Å². The summed E-state index contributed by atoms with van der Waals surface area (Å²) in [4.78, 5) is 0. The molecule has 2 nitrogen and oxygen atoms in total. The molecule has 17 heavy (non-hydrogen) atoms. The molecule has 0 aliphatic carbocycles. The number of nitrogens with one attached hydrogen (secondary N) is 1. The fourth-order valence-electron chi connectivity index (χ4n) is 1.52. The molecule has 0 amide bonds. The van der Waals surface area contributed by atoms with Crippen molar-refractivity contribution in [3.8, 4) is 0 Å². The summed E-state index contributed by atoms with van der Waals surface area (Å²) >= 11 is 0. The lowest BCUT2D eigenvalue weighted by Gasteiger charge is -2.25. The van der Waals surface area contributed by atoms with Crippen LogP contribution in [0.2, 0.25) is 0 Å². The van der Waals surface area contributed by atoms with Crippen molar-refractivity contribution in [1.82, 2.24) is 5.32 Å². The SMILES string of the molecule is CNCC(OC(C)C(C)C)c1ccc(F)cc1. The Balaban J connectivity index is 2.74. The summed E-state index contributed by atoms with van der Waals surface area (Å²) in [5.41, 5.74) is 1.01.